The Morgan fingerprint density at radius 3 is 2.24 bits per heavy atom. The van der Waals surface area contributed by atoms with Crippen molar-refractivity contribution in [3.8, 4) is 0 Å². The Balaban J connectivity index is 2.20. The average molecular weight is 291 g/mol. The molecule has 1 aliphatic rings. The lowest BCUT2D eigenvalue weighted by Crippen LogP contribution is -2.50. The highest BCUT2D eigenvalue weighted by molar-refractivity contribution is 5.98. The summed E-state index contributed by atoms with van der Waals surface area (Å²) < 4.78 is 0. The van der Waals surface area contributed by atoms with Crippen molar-refractivity contribution in [2.75, 3.05) is 26.2 Å². The molecule has 2 rings (SSSR count). The first-order valence-corrected chi connectivity index (χ1v) is 6.70. The van der Waals surface area contributed by atoms with Crippen molar-refractivity contribution in [2.24, 2.45) is 0 Å². The third-order valence-electron chi connectivity index (χ3n) is 3.66. The van der Waals surface area contributed by atoms with Crippen LogP contribution in [0.1, 0.15) is 22.8 Å². The van der Waals surface area contributed by atoms with Crippen LogP contribution in [0.4, 0.5) is 5.69 Å². The maximum Gasteiger partial charge on any atom is 0.285 e. The van der Waals surface area contributed by atoms with E-state index in [4.69, 9.17) is 0 Å². The minimum atomic E-state index is -0.519. The van der Waals surface area contributed by atoms with Gasteiger partial charge in [-0.2, -0.15) is 0 Å². The molecule has 7 nitrogen and oxygen atoms in total. The number of benzene rings is 1. The standard InChI is InChI=1S/C14H17N3O4/c1-10-4-3-5-12(13(10)17(20)21)14(19)16-8-6-15(7-9-16)11(2)18/h3-5H,6-9H2,1-2H3. The highest BCUT2D eigenvalue weighted by atomic mass is 16.6. The summed E-state index contributed by atoms with van der Waals surface area (Å²) in [7, 11) is 0. The third kappa shape index (κ3) is 3.01. The van der Waals surface area contributed by atoms with Crippen LogP contribution in [0.3, 0.4) is 0 Å². The van der Waals surface area contributed by atoms with Crippen molar-refractivity contribution in [1.29, 1.82) is 0 Å². The molecule has 1 aromatic carbocycles. The van der Waals surface area contributed by atoms with Crippen LogP contribution in [0, 0.1) is 17.0 Å². The number of piperazine rings is 1. The van der Waals surface area contributed by atoms with E-state index in [0.717, 1.165) is 0 Å². The molecule has 0 bridgehead atoms. The number of aryl methyl sites for hydroxylation is 1. The van der Waals surface area contributed by atoms with E-state index in [1.807, 2.05) is 0 Å². The number of carbonyl (C=O) groups excluding carboxylic acids is 2. The van der Waals surface area contributed by atoms with Crippen molar-refractivity contribution in [3.05, 3.63) is 39.4 Å². The maximum atomic E-state index is 12.5. The largest absolute Gasteiger partial charge is 0.339 e. The second-order valence-electron chi connectivity index (χ2n) is 5.03. The first-order valence-electron chi connectivity index (χ1n) is 6.70. The van der Waals surface area contributed by atoms with Gasteiger partial charge in [0.25, 0.3) is 11.6 Å². The molecule has 0 saturated carbocycles. The van der Waals surface area contributed by atoms with E-state index in [-0.39, 0.29) is 23.1 Å². The van der Waals surface area contributed by atoms with Crippen LogP contribution >= 0.6 is 0 Å². The second-order valence-corrected chi connectivity index (χ2v) is 5.03. The average Bonchev–Trinajstić information content (AvgIpc) is 2.46. The molecule has 112 valence electrons. The second kappa shape index (κ2) is 5.90. The van der Waals surface area contributed by atoms with Crippen LogP contribution in [-0.2, 0) is 4.79 Å². The minimum absolute atomic E-state index is 0.0244. The van der Waals surface area contributed by atoms with Gasteiger partial charge in [0, 0.05) is 38.7 Å². The Labute approximate surface area is 122 Å². The summed E-state index contributed by atoms with van der Waals surface area (Å²) in [5.74, 6) is -0.378. The van der Waals surface area contributed by atoms with E-state index in [0.29, 0.717) is 31.7 Å². The van der Waals surface area contributed by atoms with E-state index in [9.17, 15) is 19.7 Å². The van der Waals surface area contributed by atoms with Crippen LogP contribution in [0.5, 0.6) is 0 Å². The van der Waals surface area contributed by atoms with E-state index in [1.165, 1.54) is 13.0 Å². The zero-order valence-electron chi connectivity index (χ0n) is 12.0. The van der Waals surface area contributed by atoms with E-state index in [1.54, 1.807) is 28.9 Å². The van der Waals surface area contributed by atoms with E-state index >= 15 is 0 Å². The molecule has 1 heterocycles. The molecule has 2 amide bonds. The molecule has 1 fully saturated rings. The smallest absolute Gasteiger partial charge is 0.285 e. The molecule has 1 aromatic rings. The van der Waals surface area contributed by atoms with Crippen LogP contribution in [0.2, 0.25) is 0 Å². The predicted octanol–water partition coefficient (Wildman–Crippen LogP) is 1.21. The molecular weight excluding hydrogens is 274 g/mol. The molecule has 7 heteroatoms. The summed E-state index contributed by atoms with van der Waals surface area (Å²) in [6.45, 7) is 4.81. The Kier molecular flexibility index (Phi) is 4.21. The summed E-state index contributed by atoms with van der Waals surface area (Å²) in [6.07, 6.45) is 0. The van der Waals surface area contributed by atoms with Gasteiger partial charge in [-0.3, -0.25) is 19.7 Å². The SMILES string of the molecule is CC(=O)N1CCN(C(=O)c2cccc(C)c2[N+](=O)[O-])CC1. The number of para-hydroxylation sites is 1. The highest BCUT2D eigenvalue weighted by Crippen LogP contribution is 2.24. The fourth-order valence-corrected chi connectivity index (χ4v) is 2.47. The topological polar surface area (TPSA) is 83.8 Å². The van der Waals surface area contributed by atoms with Gasteiger partial charge in [-0.25, -0.2) is 0 Å². The summed E-state index contributed by atoms with van der Waals surface area (Å²) in [5, 5.41) is 11.2. The van der Waals surface area contributed by atoms with Gasteiger partial charge >= 0.3 is 0 Å². The van der Waals surface area contributed by atoms with Crippen molar-refractivity contribution in [1.82, 2.24) is 9.80 Å². The van der Waals surface area contributed by atoms with Crippen molar-refractivity contribution >= 4 is 17.5 Å². The molecule has 0 atom stereocenters. The normalized spacial score (nSPS) is 15.0. The summed E-state index contributed by atoms with van der Waals surface area (Å²) in [5.41, 5.74) is 0.431. The Hall–Kier alpha value is -2.44. The molecular formula is C14H17N3O4. The van der Waals surface area contributed by atoms with Crippen LogP contribution in [0.15, 0.2) is 18.2 Å². The Morgan fingerprint density at radius 2 is 1.71 bits per heavy atom. The molecule has 0 aromatic heterocycles. The van der Waals surface area contributed by atoms with Gasteiger partial charge in [-0.05, 0) is 13.0 Å². The zero-order chi connectivity index (χ0) is 15.6. The third-order valence-corrected chi connectivity index (χ3v) is 3.66. The quantitative estimate of drug-likeness (QED) is 0.605. The predicted molar refractivity (Wildman–Crippen MR) is 76.0 cm³/mol. The van der Waals surface area contributed by atoms with Gasteiger partial charge in [-0.15, -0.1) is 0 Å². The molecule has 1 saturated heterocycles. The van der Waals surface area contributed by atoms with Gasteiger partial charge in [0.05, 0.1) is 4.92 Å². The van der Waals surface area contributed by atoms with Gasteiger partial charge in [-0.1, -0.05) is 12.1 Å². The lowest BCUT2D eigenvalue weighted by Gasteiger charge is -2.34. The number of nitro benzene ring substituents is 1. The molecule has 1 aliphatic heterocycles. The van der Waals surface area contributed by atoms with Gasteiger partial charge < -0.3 is 9.80 Å². The Morgan fingerprint density at radius 1 is 1.14 bits per heavy atom. The van der Waals surface area contributed by atoms with Gasteiger partial charge in [0.1, 0.15) is 5.56 Å². The number of rotatable bonds is 2. The fourth-order valence-electron chi connectivity index (χ4n) is 2.47. The number of nitrogens with zero attached hydrogens (tertiary/aromatic N) is 3. The molecule has 0 unspecified atom stereocenters. The number of nitro groups is 1. The lowest BCUT2D eigenvalue weighted by molar-refractivity contribution is -0.385. The number of hydrogen-bond acceptors (Lipinski definition) is 4. The summed E-state index contributed by atoms with van der Waals surface area (Å²) >= 11 is 0. The van der Waals surface area contributed by atoms with Gasteiger partial charge in [0.15, 0.2) is 0 Å². The maximum absolute atomic E-state index is 12.5. The van der Waals surface area contributed by atoms with Crippen LogP contribution in [0.25, 0.3) is 0 Å². The first-order chi connectivity index (χ1) is 9.91. The molecule has 0 N–H and O–H groups in total. The summed E-state index contributed by atoms with van der Waals surface area (Å²) in [6, 6.07) is 4.73. The van der Waals surface area contributed by atoms with Crippen molar-refractivity contribution in [2.45, 2.75) is 13.8 Å². The Bertz CT molecular complexity index is 592. The zero-order valence-corrected chi connectivity index (χ0v) is 12.0. The van der Waals surface area contributed by atoms with E-state index in [2.05, 4.69) is 0 Å². The van der Waals surface area contributed by atoms with Crippen LogP contribution < -0.4 is 0 Å². The number of hydrogen-bond donors (Lipinski definition) is 0. The molecule has 0 aliphatic carbocycles. The van der Waals surface area contributed by atoms with Gasteiger partial charge in [0.2, 0.25) is 5.91 Å². The van der Waals surface area contributed by atoms with E-state index < -0.39 is 4.92 Å². The van der Waals surface area contributed by atoms with Crippen molar-refractivity contribution < 1.29 is 14.5 Å². The molecule has 0 spiro atoms. The first kappa shape index (κ1) is 15.0. The number of carbonyl (C=O) groups is 2. The number of amides is 2. The monoisotopic (exact) mass is 291 g/mol. The van der Waals surface area contributed by atoms with Crippen molar-refractivity contribution in [3.63, 3.8) is 0 Å². The molecule has 21 heavy (non-hydrogen) atoms. The summed E-state index contributed by atoms with van der Waals surface area (Å²) in [4.78, 5) is 37.6. The fraction of sp³-hybridized carbons (Fsp3) is 0.429. The molecule has 0 radical (unpaired) electrons. The minimum Gasteiger partial charge on any atom is -0.339 e. The van der Waals surface area contributed by atoms with Crippen LogP contribution in [-0.4, -0.2) is 52.7 Å². The lowest BCUT2D eigenvalue weighted by atomic mass is 10.1. The highest BCUT2D eigenvalue weighted by Gasteiger charge is 2.28.